The summed E-state index contributed by atoms with van der Waals surface area (Å²) in [6.07, 6.45) is 2.60. The zero-order valence-corrected chi connectivity index (χ0v) is 13.3. The van der Waals surface area contributed by atoms with Gasteiger partial charge >= 0.3 is 0 Å². The van der Waals surface area contributed by atoms with Gasteiger partial charge in [0.2, 0.25) is 0 Å². The van der Waals surface area contributed by atoms with E-state index in [2.05, 4.69) is 65.0 Å². The summed E-state index contributed by atoms with van der Waals surface area (Å²) in [5, 5.41) is 0. The lowest BCUT2D eigenvalue weighted by Crippen LogP contribution is -2.12. The highest BCUT2D eigenvalue weighted by Crippen LogP contribution is 2.79. The maximum Gasteiger partial charge on any atom is 0.00405 e. The Kier molecular flexibility index (Phi) is 4.30. The van der Waals surface area contributed by atoms with Crippen LogP contribution in [-0.4, -0.2) is 0 Å². The van der Waals surface area contributed by atoms with Crippen LogP contribution in [0.3, 0.4) is 0 Å². The molecule has 0 aromatic heterocycles. The third-order valence-electron chi connectivity index (χ3n) is 5.77. The topological polar surface area (TPSA) is 0 Å². The van der Waals surface area contributed by atoms with Gasteiger partial charge in [0.15, 0.2) is 0 Å². The molecule has 0 bridgehead atoms. The highest BCUT2D eigenvalue weighted by Gasteiger charge is 2.76. The maximum absolute atomic E-state index is 2.46. The molecule has 2 unspecified atom stereocenters. The van der Waals surface area contributed by atoms with Gasteiger partial charge in [0.25, 0.3) is 0 Å². The van der Waals surface area contributed by atoms with Crippen LogP contribution in [0.1, 0.15) is 66.9 Å². The van der Waals surface area contributed by atoms with Crippen molar-refractivity contribution in [1.82, 2.24) is 0 Å². The van der Waals surface area contributed by atoms with Crippen molar-refractivity contribution in [3.63, 3.8) is 0 Å². The predicted octanol–water partition coefficient (Wildman–Crippen LogP) is 5.82. The molecule has 1 saturated carbocycles. The van der Waals surface area contributed by atoms with E-state index in [0.29, 0.717) is 16.2 Å². The van der Waals surface area contributed by atoms with Gasteiger partial charge < -0.3 is 0 Å². The second-order valence-electron chi connectivity index (χ2n) is 6.20. The van der Waals surface area contributed by atoms with Gasteiger partial charge in [0, 0.05) is 5.41 Å². The lowest BCUT2D eigenvalue weighted by Gasteiger charge is -2.18. The van der Waals surface area contributed by atoms with Crippen LogP contribution in [0.4, 0.5) is 0 Å². The fourth-order valence-corrected chi connectivity index (χ4v) is 3.96. The minimum Gasteiger partial charge on any atom is -0.0683 e. The van der Waals surface area contributed by atoms with Gasteiger partial charge in [-0.15, -0.1) is 0 Å². The van der Waals surface area contributed by atoms with Crippen LogP contribution in [0, 0.1) is 10.8 Å². The third kappa shape index (κ3) is 1.73. The van der Waals surface area contributed by atoms with Gasteiger partial charge in [-0.3, -0.25) is 0 Å². The summed E-state index contributed by atoms with van der Waals surface area (Å²) in [5.74, 6) is 0. The molecule has 0 nitrogen and oxygen atoms in total. The first-order chi connectivity index (χ1) is 8.42. The highest BCUT2D eigenvalue weighted by atomic mass is 14.8. The quantitative estimate of drug-likeness (QED) is 0.630. The van der Waals surface area contributed by atoms with Crippen LogP contribution in [0.5, 0.6) is 0 Å². The molecule has 2 atom stereocenters. The van der Waals surface area contributed by atoms with Crippen LogP contribution in [0.25, 0.3) is 0 Å². The normalized spacial score (nSPS) is 32.4. The van der Waals surface area contributed by atoms with Crippen molar-refractivity contribution in [3.8, 4) is 0 Å². The van der Waals surface area contributed by atoms with Crippen molar-refractivity contribution in [1.29, 1.82) is 0 Å². The molecule has 0 heterocycles. The summed E-state index contributed by atoms with van der Waals surface area (Å²) < 4.78 is 0. The molecule has 0 N–H and O–H groups in total. The third-order valence-corrected chi connectivity index (χ3v) is 5.77. The molecule has 0 saturated heterocycles. The van der Waals surface area contributed by atoms with Crippen molar-refractivity contribution in [2.45, 2.75) is 66.7 Å². The Morgan fingerprint density at radius 2 is 1.39 bits per heavy atom. The van der Waals surface area contributed by atoms with Gasteiger partial charge in [-0.2, -0.15) is 0 Å². The zero-order chi connectivity index (χ0) is 14.0. The lowest BCUT2D eigenvalue weighted by atomic mass is 9.86. The summed E-state index contributed by atoms with van der Waals surface area (Å²) in [4.78, 5) is 0. The molecule has 0 aliphatic heterocycles. The molecule has 0 radical (unpaired) electrons. The lowest BCUT2D eigenvalue weighted by molar-refractivity contribution is 0.381. The van der Waals surface area contributed by atoms with Gasteiger partial charge in [0.05, 0.1) is 0 Å². The smallest absolute Gasteiger partial charge is 0.00405 e. The van der Waals surface area contributed by atoms with Crippen LogP contribution in [-0.2, 0) is 5.41 Å². The van der Waals surface area contributed by atoms with Gasteiger partial charge in [-0.1, -0.05) is 85.2 Å². The Morgan fingerprint density at radius 1 is 0.889 bits per heavy atom. The van der Waals surface area contributed by atoms with E-state index in [9.17, 15) is 0 Å². The molecule has 0 spiro atoms. The summed E-state index contributed by atoms with van der Waals surface area (Å²) in [6, 6.07) is 11.0. The predicted molar refractivity (Wildman–Crippen MR) is 81.9 cm³/mol. The van der Waals surface area contributed by atoms with Crippen molar-refractivity contribution in [2.75, 3.05) is 0 Å². The van der Waals surface area contributed by atoms with Crippen LogP contribution >= 0.6 is 0 Å². The van der Waals surface area contributed by atoms with Gasteiger partial charge in [-0.05, 0) is 22.8 Å². The molecule has 1 fully saturated rings. The molecule has 1 aliphatic carbocycles. The summed E-state index contributed by atoms with van der Waals surface area (Å²) >= 11 is 0. The van der Waals surface area contributed by atoms with Crippen LogP contribution < -0.4 is 0 Å². The molecular formula is C18H30. The number of hydrogen-bond acceptors (Lipinski definition) is 0. The minimum atomic E-state index is 0.345. The number of benzene rings is 1. The Morgan fingerprint density at radius 3 is 1.83 bits per heavy atom. The van der Waals surface area contributed by atoms with Crippen molar-refractivity contribution in [2.24, 2.45) is 10.8 Å². The minimum absolute atomic E-state index is 0.345. The molecule has 102 valence electrons. The monoisotopic (exact) mass is 246 g/mol. The average molecular weight is 246 g/mol. The van der Waals surface area contributed by atoms with Crippen molar-refractivity contribution < 1.29 is 0 Å². The fraction of sp³-hybridized carbons (Fsp3) is 0.667. The first kappa shape index (κ1) is 15.3. The Balaban J connectivity index is 0.000000771. The van der Waals surface area contributed by atoms with E-state index in [1.807, 2.05) is 13.8 Å². The zero-order valence-electron chi connectivity index (χ0n) is 13.3. The molecule has 0 amide bonds. The van der Waals surface area contributed by atoms with E-state index in [1.165, 1.54) is 18.4 Å². The Bertz CT molecular complexity index is 376. The Hall–Kier alpha value is -0.780. The van der Waals surface area contributed by atoms with Gasteiger partial charge in [-0.25, -0.2) is 0 Å². The first-order valence-electron chi connectivity index (χ1n) is 7.47. The molecule has 2 rings (SSSR count). The molecule has 1 aliphatic rings. The maximum atomic E-state index is 2.46. The summed E-state index contributed by atoms with van der Waals surface area (Å²) in [6.45, 7) is 16.1. The average Bonchev–Trinajstić information content (AvgIpc) is 2.74. The highest BCUT2D eigenvalue weighted by molar-refractivity contribution is 5.43. The van der Waals surface area contributed by atoms with E-state index in [4.69, 9.17) is 0 Å². The van der Waals surface area contributed by atoms with E-state index in [0.717, 1.165) is 0 Å². The fourth-order valence-electron chi connectivity index (χ4n) is 3.96. The Labute approximate surface area is 114 Å². The van der Waals surface area contributed by atoms with E-state index in [-0.39, 0.29) is 0 Å². The second kappa shape index (κ2) is 5.07. The molecule has 0 heteroatoms. The second-order valence-corrected chi connectivity index (χ2v) is 6.20. The van der Waals surface area contributed by atoms with Crippen LogP contribution in [0.2, 0.25) is 0 Å². The largest absolute Gasteiger partial charge is 0.0683 e. The van der Waals surface area contributed by atoms with Crippen LogP contribution in [0.15, 0.2) is 30.3 Å². The van der Waals surface area contributed by atoms with Crippen molar-refractivity contribution >= 4 is 0 Å². The number of hydrogen-bond donors (Lipinski definition) is 0. The summed E-state index contributed by atoms with van der Waals surface area (Å²) in [5.41, 5.74) is 2.72. The van der Waals surface area contributed by atoms with E-state index < -0.39 is 0 Å². The molecule has 1 aromatic carbocycles. The van der Waals surface area contributed by atoms with Crippen molar-refractivity contribution in [3.05, 3.63) is 35.9 Å². The van der Waals surface area contributed by atoms with E-state index in [1.54, 1.807) is 0 Å². The molecule has 1 aromatic rings. The standard InChI is InChI=1S/C16H24.C2H6/c1-6-12-15(4)14(2,3)16(15,5)13-10-8-7-9-11-13;1-2/h7-11H,6,12H2,1-5H3;1-2H3. The van der Waals surface area contributed by atoms with E-state index >= 15 is 0 Å². The first-order valence-corrected chi connectivity index (χ1v) is 7.47. The molecular weight excluding hydrogens is 216 g/mol. The molecule has 18 heavy (non-hydrogen) atoms. The number of rotatable bonds is 3. The SMILES string of the molecule is CC.CCCC1(C)C(C)(C)C1(C)c1ccccc1. The summed E-state index contributed by atoms with van der Waals surface area (Å²) in [7, 11) is 0. The van der Waals surface area contributed by atoms with Gasteiger partial charge in [0.1, 0.15) is 0 Å².